The van der Waals surface area contributed by atoms with Crippen LogP contribution in [0.3, 0.4) is 0 Å². The number of aliphatic hydroxyl groups is 1. The quantitative estimate of drug-likeness (QED) is 0.440. The molecular formula is C20H21N5O5S2. The van der Waals surface area contributed by atoms with Crippen molar-refractivity contribution >= 4 is 57.7 Å². The van der Waals surface area contributed by atoms with Crippen LogP contribution in [0.5, 0.6) is 0 Å². The molecule has 2 aliphatic heterocycles. The molecule has 4 heterocycles. The van der Waals surface area contributed by atoms with Gasteiger partial charge in [-0.2, -0.15) is 0 Å². The molecule has 168 valence electrons. The smallest absolute Gasteiger partial charge is 0.323 e. The van der Waals surface area contributed by atoms with Crippen LogP contribution >= 0.6 is 24.0 Å². The van der Waals surface area contributed by atoms with Crippen molar-refractivity contribution in [2.24, 2.45) is 0 Å². The third-order valence-electron chi connectivity index (χ3n) is 5.28. The van der Waals surface area contributed by atoms with Crippen LogP contribution in [0, 0.1) is 0 Å². The number of rotatable bonds is 6. The predicted molar refractivity (Wildman–Crippen MR) is 125 cm³/mol. The van der Waals surface area contributed by atoms with E-state index in [1.165, 1.54) is 10.5 Å². The standard InChI is InChI=1S/C20H21N5O5S2/c26-10-9-22-5-7-23(8-6-22)17-13(18(29)24-4-2-1-3-15(24)21-17)11-14-19(30)25(12-16(27)28)20(31)32-14/h1-4,11,26H,5-10,12H2,(H,27,28)/b14-11+. The molecule has 0 spiro atoms. The second kappa shape index (κ2) is 9.36. The fourth-order valence-electron chi connectivity index (χ4n) is 3.69. The van der Waals surface area contributed by atoms with E-state index in [1.54, 1.807) is 24.4 Å². The molecule has 0 aliphatic carbocycles. The number of nitrogens with zero attached hydrogens (tertiary/aromatic N) is 5. The SMILES string of the molecule is O=C(O)CN1C(=O)/C(=C\c2c(N3CCN(CCO)CC3)nc3ccccn3c2=O)SC1=S. The number of β-amino-alcohol motifs (C(OH)–C–C–N with tert-alkyl or cyclic N) is 1. The number of carboxylic acid groups (broad SMARTS) is 1. The lowest BCUT2D eigenvalue weighted by Crippen LogP contribution is -2.48. The van der Waals surface area contributed by atoms with Crippen molar-refractivity contribution in [2.45, 2.75) is 0 Å². The largest absolute Gasteiger partial charge is 0.480 e. The van der Waals surface area contributed by atoms with Gasteiger partial charge in [-0.1, -0.05) is 30.0 Å². The number of fused-ring (bicyclic) bond motifs is 1. The summed E-state index contributed by atoms with van der Waals surface area (Å²) in [6.45, 7) is 2.76. The zero-order valence-electron chi connectivity index (χ0n) is 17.0. The molecule has 2 saturated heterocycles. The highest BCUT2D eigenvalue weighted by Gasteiger charge is 2.34. The Labute approximate surface area is 192 Å². The summed E-state index contributed by atoms with van der Waals surface area (Å²) in [6.07, 6.45) is 3.08. The Hall–Kier alpha value is -2.80. The van der Waals surface area contributed by atoms with Crippen molar-refractivity contribution in [1.29, 1.82) is 0 Å². The number of amides is 1. The van der Waals surface area contributed by atoms with Crippen molar-refractivity contribution in [3.63, 3.8) is 0 Å². The molecular weight excluding hydrogens is 454 g/mol. The first-order valence-electron chi connectivity index (χ1n) is 9.95. The van der Waals surface area contributed by atoms with Gasteiger partial charge in [-0.15, -0.1) is 0 Å². The van der Waals surface area contributed by atoms with E-state index in [0.717, 1.165) is 16.7 Å². The van der Waals surface area contributed by atoms with E-state index in [2.05, 4.69) is 4.90 Å². The number of carbonyl (C=O) groups excluding carboxylic acids is 1. The van der Waals surface area contributed by atoms with Gasteiger partial charge in [-0.25, -0.2) is 4.98 Å². The average Bonchev–Trinajstić information content (AvgIpc) is 3.03. The van der Waals surface area contributed by atoms with Crippen molar-refractivity contribution in [1.82, 2.24) is 19.2 Å². The van der Waals surface area contributed by atoms with Crippen molar-refractivity contribution in [3.05, 3.63) is 45.2 Å². The monoisotopic (exact) mass is 475 g/mol. The number of thioether (sulfide) groups is 1. The van der Waals surface area contributed by atoms with Gasteiger partial charge in [-0.3, -0.25) is 28.6 Å². The van der Waals surface area contributed by atoms with Gasteiger partial charge in [0.15, 0.2) is 0 Å². The van der Waals surface area contributed by atoms with E-state index in [4.69, 9.17) is 22.3 Å². The number of pyridine rings is 1. The summed E-state index contributed by atoms with van der Waals surface area (Å²) in [5.41, 5.74) is 0.410. The molecule has 0 saturated carbocycles. The Morgan fingerprint density at radius 3 is 2.66 bits per heavy atom. The molecule has 0 atom stereocenters. The molecule has 12 heteroatoms. The van der Waals surface area contributed by atoms with Gasteiger partial charge in [0.2, 0.25) is 0 Å². The number of anilines is 1. The zero-order chi connectivity index (χ0) is 22.8. The lowest BCUT2D eigenvalue weighted by Gasteiger charge is -2.35. The second-order valence-corrected chi connectivity index (χ2v) is 8.97. The van der Waals surface area contributed by atoms with Crippen molar-refractivity contribution in [3.8, 4) is 0 Å². The first-order chi connectivity index (χ1) is 15.4. The molecule has 2 N–H and O–H groups in total. The summed E-state index contributed by atoms with van der Waals surface area (Å²) in [5, 5.41) is 18.2. The van der Waals surface area contributed by atoms with Crippen molar-refractivity contribution < 1.29 is 19.8 Å². The van der Waals surface area contributed by atoms with Crippen molar-refractivity contribution in [2.75, 3.05) is 50.8 Å². The Bertz CT molecular complexity index is 1170. The van der Waals surface area contributed by atoms with Gasteiger partial charge in [0.1, 0.15) is 22.3 Å². The number of aliphatic hydroxyl groups excluding tert-OH is 1. The molecule has 10 nitrogen and oxygen atoms in total. The minimum absolute atomic E-state index is 0.0823. The summed E-state index contributed by atoms with van der Waals surface area (Å²) < 4.78 is 1.55. The van der Waals surface area contributed by atoms with Crippen LogP contribution < -0.4 is 10.5 Å². The van der Waals surface area contributed by atoms with E-state index >= 15 is 0 Å². The van der Waals surface area contributed by atoms with Gasteiger partial charge >= 0.3 is 5.97 Å². The normalized spacial score (nSPS) is 18.8. The van der Waals surface area contributed by atoms with E-state index in [1.807, 2.05) is 4.90 Å². The van der Waals surface area contributed by atoms with Gasteiger partial charge in [0.25, 0.3) is 11.5 Å². The molecule has 4 rings (SSSR count). The number of thiocarbonyl (C=S) groups is 1. The predicted octanol–water partition coefficient (Wildman–Crippen LogP) is 0.0946. The van der Waals surface area contributed by atoms with Crippen LogP contribution in [0.25, 0.3) is 11.7 Å². The first kappa shape index (κ1) is 22.4. The van der Waals surface area contributed by atoms with Crippen LogP contribution in [0.1, 0.15) is 5.56 Å². The molecule has 2 fully saturated rings. The van der Waals surface area contributed by atoms with E-state index in [-0.39, 0.29) is 27.0 Å². The molecule has 0 aromatic carbocycles. The summed E-state index contributed by atoms with van der Waals surface area (Å²) >= 11 is 6.13. The highest BCUT2D eigenvalue weighted by Crippen LogP contribution is 2.33. The molecule has 0 radical (unpaired) electrons. The number of piperazine rings is 1. The summed E-state index contributed by atoms with van der Waals surface area (Å²) in [5.74, 6) is -1.25. The molecule has 32 heavy (non-hydrogen) atoms. The highest BCUT2D eigenvalue weighted by atomic mass is 32.2. The van der Waals surface area contributed by atoms with Gasteiger partial charge < -0.3 is 15.1 Å². The topological polar surface area (TPSA) is 119 Å². The van der Waals surface area contributed by atoms with E-state index < -0.39 is 18.4 Å². The fourth-order valence-corrected chi connectivity index (χ4v) is 4.92. The lowest BCUT2D eigenvalue weighted by molar-refractivity contribution is -0.140. The molecule has 2 aromatic rings. The summed E-state index contributed by atoms with van der Waals surface area (Å²) in [4.78, 5) is 47.2. The highest BCUT2D eigenvalue weighted by molar-refractivity contribution is 8.26. The maximum absolute atomic E-state index is 13.3. The average molecular weight is 476 g/mol. The number of hydrogen-bond acceptors (Lipinski definition) is 9. The molecule has 0 unspecified atom stereocenters. The van der Waals surface area contributed by atoms with Crippen LogP contribution in [-0.2, 0) is 9.59 Å². The number of aromatic nitrogens is 2. The van der Waals surface area contributed by atoms with E-state index in [0.29, 0.717) is 44.2 Å². The first-order valence-corrected chi connectivity index (χ1v) is 11.2. The minimum atomic E-state index is -1.17. The van der Waals surface area contributed by atoms with E-state index in [9.17, 15) is 19.5 Å². The third-order valence-corrected chi connectivity index (χ3v) is 6.66. The Morgan fingerprint density at radius 1 is 1.22 bits per heavy atom. The third kappa shape index (κ3) is 4.39. The summed E-state index contributed by atoms with van der Waals surface area (Å²) in [6, 6.07) is 5.25. The van der Waals surface area contributed by atoms with Gasteiger partial charge in [0.05, 0.1) is 17.1 Å². The second-order valence-electron chi connectivity index (χ2n) is 7.30. The number of carboxylic acids is 1. The number of aliphatic carboxylic acids is 1. The van der Waals surface area contributed by atoms with Crippen LogP contribution in [-0.4, -0.2) is 91.5 Å². The number of carbonyl (C=O) groups is 2. The molecule has 0 bridgehead atoms. The Kier molecular flexibility index (Phi) is 6.55. The molecule has 2 aromatic heterocycles. The van der Waals surface area contributed by atoms with Gasteiger partial charge in [-0.05, 0) is 18.2 Å². The lowest BCUT2D eigenvalue weighted by atomic mass is 10.2. The maximum Gasteiger partial charge on any atom is 0.323 e. The number of hydrogen-bond donors (Lipinski definition) is 2. The summed E-state index contributed by atoms with van der Waals surface area (Å²) in [7, 11) is 0. The van der Waals surface area contributed by atoms with Crippen LogP contribution in [0.15, 0.2) is 34.1 Å². The van der Waals surface area contributed by atoms with Gasteiger partial charge in [0, 0.05) is 38.9 Å². The minimum Gasteiger partial charge on any atom is -0.480 e. The zero-order valence-corrected chi connectivity index (χ0v) is 18.6. The van der Waals surface area contributed by atoms with Crippen LogP contribution in [0.2, 0.25) is 0 Å². The molecule has 1 amide bonds. The van der Waals surface area contributed by atoms with Crippen LogP contribution in [0.4, 0.5) is 5.82 Å². The maximum atomic E-state index is 13.3. The Balaban J connectivity index is 1.76. The Morgan fingerprint density at radius 2 is 1.97 bits per heavy atom. The molecule has 2 aliphatic rings. The fraction of sp³-hybridized carbons (Fsp3) is 0.350.